The molecule has 9 nitrogen and oxygen atoms in total. The third-order valence-corrected chi connectivity index (χ3v) is 5.40. The second-order valence-corrected chi connectivity index (χ2v) is 9.32. The van der Waals surface area contributed by atoms with Crippen LogP contribution in [0.3, 0.4) is 0 Å². The van der Waals surface area contributed by atoms with Gasteiger partial charge in [0, 0.05) is 36.2 Å². The molecule has 0 aliphatic heterocycles. The van der Waals surface area contributed by atoms with E-state index in [0.29, 0.717) is 23.6 Å². The lowest BCUT2D eigenvalue weighted by atomic mass is 9.88. The van der Waals surface area contributed by atoms with Crippen LogP contribution in [0.5, 0.6) is 0 Å². The fourth-order valence-electron chi connectivity index (χ4n) is 4.14. The number of nitrogens with zero attached hydrogens (tertiary/aromatic N) is 7. The average Bonchev–Trinajstić information content (AvgIpc) is 3.35. The number of amides is 1. The number of hydrazone groups is 2. The average molecular weight is 515 g/mol. The van der Waals surface area contributed by atoms with E-state index in [1.165, 1.54) is 15.7 Å². The minimum atomic E-state index is -0.596. The van der Waals surface area contributed by atoms with Gasteiger partial charge in [-0.3, -0.25) is 4.79 Å². The Morgan fingerprint density at radius 1 is 1.31 bits per heavy atom. The zero-order valence-electron chi connectivity index (χ0n) is 22.2. The van der Waals surface area contributed by atoms with E-state index in [1.54, 1.807) is 43.4 Å². The molecule has 3 heterocycles. The molecule has 194 valence electrons. The predicted molar refractivity (Wildman–Crippen MR) is 148 cm³/mol. The molecule has 3 aromatic heterocycles. The van der Waals surface area contributed by atoms with Crippen LogP contribution in [0, 0.1) is 12.9 Å². The molecule has 0 spiro atoms. The molecule has 1 aliphatic carbocycles. The van der Waals surface area contributed by atoms with Gasteiger partial charge in [-0.15, -0.1) is 10.2 Å². The molecule has 36 heavy (non-hydrogen) atoms. The SMILES string of the molecule is C=NN(/N=C\C)c1ncc(NC(=O)C2CC(C)(C)c3c2cnc2cc(F)nn32)cc1C.CC.CSC. The largest absolute Gasteiger partial charge is 0.324 e. The summed E-state index contributed by atoms with van der Waals surface area (Å²) in [5.41, 5.74) is 2.94. The number of halogens is 1. The Morgan fingerprint density at radius 3 is 2.56 bits per heavy atom. The number of rotatable bonds is 5. The molecule has 0 bridgehead atoms. The number of aromatic nitrogens is 4. The van der Waals surface area contributed by atoms with Crippen molar-refractivity contribution in [2.45, 2.75) is 59.3 Å². The summed E-state index contributed by atoms with van der Waals surface area (Å²) in [6.45, 7) is 15.1. The highest BCUT2D eigenvalue weighted by Crippen LogP contribution is 2.45. The first kappa shape index (κ1) is 28.9. The molecule has 0 fully saturated rings. The van der Waals surface area contributed by atoms with Crippen molar-refractivity contribution in [3.63, 3.8) is 0 Å². The summed E-state index contributed by atoms with van der Waals surface area (Å²) in [6.07, 6.45) is 9.42. The first-order chi connectivity index (χ1) is 17.2. The Morgan fingerprint density at radius 2 is 1.97 bits per heavy atom. The van der Waals surface area contributed by atoms with Crippen LogP contribution in [0.2, 0.25) is 0 Å². The van der Waals surface area contributed by atoms with Crippen molar-refractivity contribution >= 4 is 47.8 Å². The molecular weight excluding hydrogens is 479 g/mol. The summed E-state index contributed by atoms with van der Waals surface area (Å²) in [6, 6.07) is 3.08. The van der Waals surface area contributed by atoms with Gasteiger partial charge in [-0.05, 0) is 44.4 Å². The van der Waals surface area contributed by atoms with Gasteiger partial charge in [0.2, 0.25) is 11.9 Å². The van der Waals surface area contributed by atoms with E-state index in [9.17, 15) is 9.18 Å². The van der Waals surface area contributed by atoms with Crippen molar-refractivity contribution in [1.29, 1.82) is 0 Å². The summed E-state index contributed by atoms with van der Waals surface area (Å²) in [7, 11) is 0. The molecule has 0 saturated carbocycles. The van der Waals surface area contributed by atoms with E-state index in [4.69, 9.17) is 0 Å². The molecule has 1 unspecified atom stereocenters. The summed E-state index contributed by atoms with van der Waals surface area (Å²) in [5.74, 6) is -0.697. The maximum atomic E-state index is 13.7. The second kappa shape index (κ2) is 12.6. The van der Waals surface area contributed by atoms with Gasteiger partial charge in [0.05, 0.1) is 23.5 Å². The van der Waals surface area contributed by atoms with Crippen LogP contribution in [0.25, 0.3) is 5.65 Å². The number of anilines is 2. The number of thioether (sulfide) groups is 1. The van der Waals surface area contributed by atoms with Crippen molar-refractivity contribution in [2.24, 2.45) is 10.2 Å². The summed E-state index contributed by atoms with van der Waals surface area (Å²) >= 11 is 1.75. The van der Waals surface area contributed by atoms with Crippen molar-refractivity contribution in [2.75, 3.05) is 22.9 Å². The Balaban J connectivity index is 0.000000850. The van der Waals surface area contributed by atoms with Crippen molar-refractivity contribution in [3.8, 4) is 0 Å². The Labute approximate surface area is 216 Å². The highest BCUT2D eigenvalue weighted by molar-refractivity contribution is 7.97. The van der Waals surface area contributed by atoms with E-state index in [1.807, 2.05) is 47.1 Å². The maximum Gasteiger partial charge on any atom is 0.235 e. The summed E-state index contributed by atoms with van der Waals surface area (Å²) in [5, 5.41) is 16.1. The van der Waals surface area contributed by atoms with Crippen LogP contribution in [-0.4, -0.2) is 50.9 Å². The molecule has 0 radical (unpaired) electrons. The first-order valence-electron chi connectivity index (χ1n) is 11.6. The van der Waals surface area contributed by atoms with E-state index >= 15 is 0 Å². The third kappa shape index (κ3) is 6.07. The fraction of sp³-hybridized carbons (Fsp3) is 0.440. The standard InChI is InChI=1S/C21H23FN8O.C2H6S.C2H6/c1-6-26-30(23-5)19-12(2)7-13(10-25-19)27-20(31)14-9-21(3,4)18-15(14)11-24-17-8-16(22)28-29(17)18;1-3-2;1-2/h6-8,10-11,14H,5,9H2,1-4H3,(H,27,31);1-2H3;1-2H3/b26-6-;;. The van der Waals surface area contributed by atoms with E-state index in [0.717, 1.165) is 16.8 Å². The number of carbonyl (C=O) groups is 1. The van der Waals surface area contributed by atoms with E-state index < -0.39 is 11.9 Å². The smallest absolute Gasteiger partial charge is 0.235 e. The highest BCUT2D eigenvalue weighted by atomic mass is 32.2. The molecule has 0 saturated heterocycles. The summed E-state index contributed by atoms with van der Waals surface area (Å²) < 4.78 is 15.2. The number of fused-ring (bicyclic) bond motifs is 3. The molecule has 1 atom stereocenters. The van der Waals surface area contributed by atoms with Crippen molar-refractivity contribution in [1.82, 2.24) is 19.6 Å². The van der Waals surface area contributed by atoms with Crippen LogP contribution < -0.4 is 10.4 Å². The number of nitrogens with one attached hydrogen (secondary N) is 1. The molecule has 1 aliphatic rings. The van der Waals surface area contributed by atoms with Crippen LogP contribution in [-0.2, 0) is 10.2 Å². The molecule has 3 aromatic rings. The van der Waals surface area contributed by atoms with Crippen LogP contribution in [0.1, 0.15) is 63.8 Å². The van der Waals surface area contributed by atoms with Gasteiger partial charge in [-0.1, -0.05) is 27.7 Å². The van der Waals surface area contributed by atoms with Crippen LogP contribution >= 0.6 is 11.8 Å². The van der Waals surface area contributed by atoms with Gasteiger partial charge in [0.25, 0.3) is 0 Å². The van der Waals surface area contributed by atoms with Crippen molar-refractivity contribution in [3.05, 3.63) is 47.3 Å². The van der Waals surface area contributed by atoms with Gasteiger partial charge in [-0.2, -0.15) is 26.4 Å². The topological polar surface area (TPSA) is 100 Å². The lowest BCUT2D eigenvalue weighted by Crippen LogP contribution is -2.22. The van der Waals surface area contributed by atoms with Crippen LogP contribution in [0.4, 0.5) is 15.9 Å². The van der Waals surface area contributed by atoms with Gasteiger partial charge in [-0.25, -0.2) is 14.5 Å². The molecule has 0 aromatic carbocycles. The Bertz CT molecular complexity index is 1240. The molecule has 11 heteroatoms. The third-order valence-electron chi connectivity index (χ3n) is 5.40. The lowest BCUT2D eigenvalue weighted by Gasteiger charge is -2.19. The van der Waals surface area contributed by atoms with Crippen molar-refractivity contribution < 1.29 is 9.18 Å². The summed E-state index contributed by atoms with van der Waals surface area (Å²) in [4.78, 5) is 21.8. The zero-order chi connectivity index (χ0) is 27.0. The Kier molecular flexibility index (Phi) is 10.1. The fourth-order valence-corrected chi connectivity index (χ4v) is 4.14. The maximum absolute atomic E-state index is 13.7. The van der Waals surface area contributed by atoms with Gasteiger partial charge in [0.1, 0.15) is 0 Å². The quantitative estimate of drug-likeness (QED) is 0.361. The molecule has 1 N–H and O–H groups in total. The number of pyridine rings is 1. The minimum Gasteiger partial charge on any atom is -0.324 e. The molecule has 4 rings (SSSR count). The first-order valence-corrected chi connectivity index (χ1v) is 13.3. The number of hydrogen-bond acceptors (Lipinski definition) is 8. The molecule has 1 amide bonds. The van der Waals surface area contributed by atoms with Gasteiger partial charge < -0.3 is 5.32 Å². The van der Waals surface area contributed by atoms with Gasteiger partial charge in [0.15, 0.2) is 11.5 Å². The number of hydrogen-bond donors (Lipinski definition) is 1. The van der Waals surface area contributed by atoms with Gasteiger partial charge >= 0.3 is 0 Å². The zero-order valence-corrected chi connectivity index (χ0v) is 23.0. The van der Waals surface area contributed by atoms with E-state index in [-0.39, 0.29) is 11.3 Å². The predicted octanol–water partition coefficient (Wildman–Crippen LogP) is 5.41. The lowest BCUT2D eigenvalue weighted by molar-refractivity contribution is -0.117. The van der Waals surface area contributed by atoms with E-state index in [2.05, 4.69) is 37.3 Å². The monoisotopic (exact) mass is 514 g/mol. The van der Waals surface area contributed by atoms with Crippen LogP contribution in [0.15, 0.2) is 34.7 Å². The number of carbonyl (C=O) groups excluding carboxylic acids is 1. The highest BCUT2D eigenvalue weighted by Gasteiger charge is 2.43. The Hall–Kier alpha value is -3.34. The minimum absolute atomic E-state index is 0.181. The number of aryl methyl sites for hydroxylation is 1. The second-order valence-electron chi connectivity index (χ2n) is 8.51. The normalized spacial score (nSPS) is 15.4. The molecular formula is C25H35FN8OS.